The van der Waals surface area contributed by atoms with Crippen molar-refractivity contribution in [1.29, 1.82) is 0 Å². The number of fused-ring (bicyclic) bond motifs is 5. The number of piperazine rings is 1. The van der Waals surface area contributed by atoms with Gasteiger partial charge in [-0.1, -0.05) is 13.0 Å². The van der Waals surface area contributed by atoms with Crippen LogP contribution in [0, 0.1) is 29.4 Å². The second-order valence-electron chi connectivity index (χ2n) is 22.3. The molecular weight excluding hydrogens is 943 g/mol. The Morgan fingerprint density at radius 1 is 0.784 bits per heavy atom. The predicted molar refractivity (Wildman–Crippen MR) is 279 cm³/mol. The molecule has 3 unspecified atom stereocenters. The Bertz CT molecular complexity index is 2960. The average Bonchev–Trinajstić information content (AvgIpc) is 3.92. The van der Waals surface area contributed by atoms with Crippen molar-refractivity contribution in [2.75, 3.05) is 81.9 Å². The number of phenols is 1. The summed E-state index contributed by atoms with van der Waals surface area (Å²) in [5, 5.41) is 18.4. The molecule has 3 atom stereocenters. The number of carbonyl (C=O) groups is 3. The lowest BCUT2D eigenvalue weighted by atomic mass is 9.82. The second-order valence-corrected chi connectivity index (χ2v) is 22.3. The van der Waals surface area contributed by atoms with Gasteiger partial charge in [-0.2, -0.15) is 9.97 Å². The van der Waals surface area contributed by atoms with Crippen LogP contribution in [0.5, 0.6) is 11.8 Å². The quantitative estimate of drug-likeness (QED) is 0.102. The highest BCUT2D eigenvalue weighted by Crippen LogP contribution is 2.40. The Hall–Kier alpha value is -6.04. The number of imide groups is 1. The molecule has 9 heterocycles. The topological polar surface area (TPSA) is 160 Å². The smallest absolute Gasteiger partial charge is 0.319 e. The molecule has 5 aromatic rings. The minimum atomic E-state index is -0.657. The van der Waals surface area contributed by atoms with Crippen molar-refractivity contribution >= 4 is 50.9 Å². The highest BCUT2D eigenvalue weighted by molar-refractivity contribution is 6.06. The van der Waals surface area contributed by atoms with Crippen molar-refractivity contribution < 1.29 is 33.0 Å². The van der Waals surface area contributed by atoms with Gasteiger partial charge in [-0.05, 0) is 173 Å². The molecule has 0 spiro atoms. The fourth-order valence-electron chi connectivity index (χ4n) is 13.6. The molecule has 2 aromatic heterocycles. The molecular formula is C57H68F2N10O5. The van der Waals surface area contributed by atoms with E-state index in [1.807, 2.05) is 13.0 Å². The number of aromatic nitrogens is 3. The maximum Gasteiger partial charge on any atom is 0.319 e. The standard InChI is InChI=1S/C57H68F2N10O5/c1-2-43-47(58)8-3-37-27-42(70)28-45(50(37)43)52-51(59)53-46(29-60-52)54(68-32-39-4-5-40(33-68)61-39)64-57(63-53)74-24-23-65-17-11-34(12-18-65)25-35-13-19-66(20-14-35)30-36-15-21-67(22-16-36)41-6-7-44-38(26-41)31-69(56(44)73)48-9-10-49(71)62-55(48)72/h3,6-8,26-29,34-36,39-40,48,61,70H,2,4-5,9-25,30-33H2,1H3,(H,62,71,72). The number of benzene rings is 3. The van der Waals surface area contributed by atoms with Gasteiger partial charge in [0.2, 0.25) is 11.8 Å². The molecule has 12 rings (SSSR count). The lowest BCUT2D eigenvalue weighted by Crippen LogP contribution is -2.52. The number of nitrogens with zero attached hydrogens (tertiary/aromatic N) is 8. The summed E-state index contributed by atoms with van der Waals surface area (Å²) >= 11 is 0. The number of likely N-dealkylation sites (tertiary alicyclic amines) is 2. The summed E-state index contributed by atoms with van der Waals surface area (Å²) in [6.07, 6.45) is 13.3. The molecule has 3 N–H and O–H groups in total. The first kappa shape index (κ1) is 48.9. The van der Waals surface area contributed by atoms with Crippen LogP contribution in [-0.4, -0.2) is 143 Å². The van der Waals surface area contributed by atoms with Crippen molar-refractivity contribution in [1.82, 2.24) is 40.3 Å². The summed E-state index contributed by atoms with van der Waals surface area (Å²) in [4.78, 5) is 63.1. The van der Waals surface area contributed by atoms with Gasteiger partial charge >= 0.3 is 6.01 Å². The van der Waals surface area contributed by atoms with Gasteiger partial charge in [0.1, 0.15) is 41.2 Å². The van der Waals surface area contributed by atoms with Crippen LogP contribution in [0.2, 0.25) is 0 Å². The fourth-order valence-corrected chi connectivity index (χ4v) is 13.6. The van der Waals surface area contributed by atoms with E-state index in [2.05, 4.69) is 47.3 Å². The average molecular weight is 1010 g/mol. The fraction of sp³-hybridized carbons (Fsp3) is 0.544. The first-order valence-electron chi connectivity index (χ1n) is 27.4. The molecule has 6 fully saturated rings. The molecule has 2 bridgehead atoms. The highest BCUT2D eigenvalue weighted by atomic mass is 19.1. The van der Waals surface area contributed by atoms with Gasteiger partial charge in [0.05, 0.1) is 5.39 Å². The number of pyridine rings is 1. The lowest BCUT2D eigenvalue weighted by Gasteiger charge is -2.39. The van der Waals surface area contributed by atoms with E-state index in [4.69, 9.17) is 14.7 Å². The normalized spacial score (nSPS) is 23.6. The molecule has 7 aliphatic rings. The van der Waals surface area contributed by atoms with E-state index in [0.29, 0.717) is 82.7 Å². The zero-order chi connectivity index (χ0) is 50.6. The van der Waals surface area contributed by atoms with Crippen LogP contribution in [0.4, 0.5) is 20.3 Å². The molecule has 0 saturated carbocycles. The maximum atomic E-state index is 17.1. The largest absolute Gasteiger partial charge is 0.508 e. The van der Waals surface area contributed by atoms with E-state index < -0.39 is 11.9 Å². The Labute approximate surface area is 431 Å². The number of amides is 3. The van der Waals surface area contributed by atoms with Gasteiger partial charge in [0, 0.05) is 87.3 Å². The molecule has 3 amide bonds. The molecule has 74 heavy (non-hydrogen) atoms. The summed E-state index contributed by atoms with van der Waals surface area (Å²) < 4.78 is 38.6. The number of carbonyl (C=O) groups excluding carboxylic acids is 3. The molecule has 15 nitrogen and oxygen atoms in total. The molecule has 7 aliphatic heterocycles. The molecule has 0 radical (unpaired) electrons. The van der Waals surface area contributed by atoms with Crippen LogP contribution in [0.15, 0.2) is 48.7 Å². The number of aromatic hydroxyl groups is 1. The number of ether oxygens (including phenoxy) is 1. The number of nitrogens with one attached hydrogen (secondary N) is 2. The SMILES string of the molecule is CCc1c(F)ccc2cc(O)cc(-c3ncc4c(N5CC6CCC(C5)N6)nc(OCCN5CCC(CC6CCN(CC7CCN(c8ccc9c(c8)CN(C8CCC(=O)NC8=O)C9=O)CC7)CC6)CC5)nc4c3F)c12. The minimum Gasteiger partial charge on any atom is -0.508 e. The Kier molecular flexibility index (Phi) is 13.6. The maximum absolute atomic E-state index is 17.1. The summed E-state index contributed by atoms with van der Waals surface area (Å²) in [6, 6.07) is 12.3. The van der Waals surface area contributed by atoms with Crippen LogP contribution in [0.1, 0.15) is 99.0 Å². The van der Waals surface area contributed by atoms with Crippen molar-refractivity contribution in [3.8, 4) is 23.0 Å². The minimum absolute atomic E-state index is 0.00474. The number of piperidine rings is 4. The van der Waals surface area contributed by atoms with Gasteiger partial charge in [-0.25, -0.2) is 8.78 Å². The number of hydrogen-bond acceptors (Lipinski definition) is 13. The third-order valence-corrected chi connectivity index (χ3v) is 17.6. The van der Waals surface area contributed by atoms with Crippen molar-refractivity contribution in [2.45, 2.75) is 109 Å². The van der Waals surface area contributed by atoms with Crippen LogP contribution in [-0.2, 0) is 22.6 Å². The van der Waals surface area contributed by atoms with Crippen LogP contribution in [0.25, 0.3) is 32.9 Å². The van der Waals surface area contributed by atoms with E-state index in [9.17, 15) is 19.5 Å². The third kappa shape index (κ3) is 9.75. The van der Waals surface area contributed by atoms with E-state index in [-0.39, 0.29) is 52.9 Å². The van der Waals surface area contributed by atoms with Crippen LogP contribution in [0.3, 0.4) is 0 Å². The summed E-state index contributed by atoms with van der Waals surface area (Å²) in [5.74, 6) is 0.903. The van der Waals surface area contributed by atoms with E-state index in [0.717, 1.165) is 101 Å². The summed E-state index contributed by atoms with van der Waals surface area (Å²) in [6.45, 7) is 12.4. The van der Waals surface area contributed by atoms with E-state index >= 15 is 8.78 Å². The molecule has 3 aromatic carbocycles. The van der Waals surface area contributed by atoms with Gasteiger partial charge in [0.15, 0.2) is 5.82 Å². The first-order chi connectivity index (χ1) is 36.0. The number of anilines is 2. The first-order valence-corrected chi connectivity index (χ1v) is 27.4. The van der Waals surface area contributed by atoms with Gasteiger partial charge in [0.25, 0.3) is 5.91 Å². The summed E-state index contributed by atoms with van der Waals surface area (Å²) in [7, 11) is 0. The second kappa shape index (κ2) is 20.6. The number of aryl methyl sites for hydroxylation is 1. The Morgan fingerprint density at radius 3 is 2.24 bits per heavy atom. The van der Waals surface area contributed by atoms with E-state index in [1.165, 1.54) is 57.3 Å². The molecule has 17 heteroatoms. The Balaban J connectivity index is 0.616. The molecule has 6 saturated heterocycles. The molecule has 390 valence electrons. The van der Waals surface area contributed by atoms with Crippen molar-refractivity contribution in [2.24, 2.45) is 17.8 Å². The predicted octanol–water partition coefficient (Wildman–Crippen LogP) is 7.20. The third-order valence-electron chi connectivity index (χ3n) is 17.6. The Morgan fingerprint density at radius 2 is 1.51 bits per heavy atom. The highest BCUT2D eigenvalue weighted by Gasteiger charge is 2.40. The monoisotopic (exact) mass is 1010 g/mol. The van der Waals surface area contributed by atoms with Crippen LogP contribution >= 0.6 is 0 Å². The van der Waals surface area contributed by atoms with Gasteiger partial charge in [-0.15, -0.1) is 0 Å². The van der Waals surface area contributed by atoms with E-state index in [1.54, 1.807) is 23.2 Å². The number of halogens is 2. The lowest BCUT2D eigenvalue weighted by molar-refractivity contribution is -0.136. The summed E-state index contributed by atoms with van der Waals surface area (Å²) in [5.41, 5.74) is 3.60. The number of phenolic OH excluding ortho intramolecular Hbond substituents is 1. The molecule has 0 aliphatic carbocycles. The van der Waals surface area contributed by atoms with Crippen molar-refractivity contribution in [3.05, 3.63) is 77.0 Å². The van der Waals surface area contributed by atoms with Gasteiger partial charge in [-0.3, -0.25) is 29.6 Å². The van der Waals surface area contributed by atoms with Crippen LogP contribution < -0.4 is 25.2 Å². The van der Waals surface area contributed by atoms with Gasteiger partial charge < -0.3 is 34.8 Å². The number of rotatable bonds is 13. The zero-order valence-electron chi connectivity index (χ0n) is 42.5. The number of hydrogen-bond donors (Lipinski definition) is 3. The zero-order valence-corrected chi connectivity index (χ0v) is 42.5. The van der Waals surface area contributed by atoms with Crippen molar-refractivity contribution in [3.63, 3.8) is 0 Å².